The van der Waals surface area contributed by atoms with Gasteiger partial charge in [0, 0.05) is 36.0 Å². The van der Waals surface area contributed by atoms with Crippen LogP contribution in [0.3, 0.4) is 0 Å². The number of halogens is 1. The molecular weight excluding hydrogens is 296 g/mol. The number of aromatic nitrogens is 1. The maximum absolute atomic E-state index is 12.0. The number of amides is 1. The van der Waals surface area contributed by atoms with Crippen molar-refractivity contribution >= 4 is 28.8 Å². The van der Waals surface area contributed by atoms with E-state index in [1.54, 1.807) is 18.5 Å². The summed E-state index contributed by atoms with van der Waals surface area (Å²) in [5.74, 6) is -0.291. The van der Waals surface area contributed by atoms with Gasteiger partial charge in [-0.3, -0.25) is 4.79 Å². The molecule has 0 saturated carbocycles. The smallest absolute Gasteiger partial charge is 0.260 e. The Hall–Kier alpha value is -1.43. The van der Waals surface area contributed by atoms with E-state index >= 15 is 0 Å². The molecule has 2 aromatic rings. The van der Waals surface area contributed by atoms with Gasteiger partial charge in [-0.05, 0) is 12.1 Å². The summed E-state index contributed by atoms with van der Waals surface area (Å²) in [5.41, 5.74) is -0.176. The molecule has 20 heavy (non-hydrogen) atoms. The number of benzene rings is 1. The zero-order valence-electron chi connectivity index (χ0n) is 10.8. The first kappa shape index (κ1) is 13.5. The van der Waals surface area contributed by atoms with Crippen LogP contribution >= 0.6 is 22.9 Å². The average molecular weight is 309 g/mol. The number of hydrogen-bond donors (Lipinski definition) is 1. The predicted molar refractivity (Wildman–Crippen MR) is 78.7 cm³/mol. The van der Waals surface area contributed by atoms with Crippen molar-refractivity contribution in [2.75, 3.05) is 13.6 Å². The Kier molecular flexibility index (Phi) is 3.28. The summed E-state index contributed by atoms with van der Waals surface area (Å²) in [5, 5.41) is 13.7. The van der Waals surface area contributed by atoms with Gasteiger partial charge in [-0.25, -0.2) is 4.98 Å². The van der Waals surface area contributed by atoms with E-state index in [0.717, 1.165) is 10.6 Å². The first-order valence-corrected chi connectivity index (χ1v) is 7.46. The van der Waals surface area contributed by atoms with Gasteiger partial charge >= 0.3 is 0 Å². The second kappa shape index (κ2) is 4.84. The van der Waals surface area contributed by atoms with Crippen LogP contribution in [0.25, 0.3) is 10.6 Å². The molecule has 1 fully saturated rings. The zero-order chi connectivity index (χ0) is 14.3. The van der Waals surface area contributed by atoms with Gasteiger partial charge in [-0.15, -0.1) is 11.3 Å². The summed E-state index contributed by atoms with van der Waals surface area (Å²) in [4.78, 5) is 18.0. The fraction of sp³-hybridized carbons (Fsp3) is 0.286. The molecule has 1 aliphatic heterocycles. The molecule has 0 spiro atoms. The van der Waals surface area contributed by atoms with Gasteiger partial charge < -0.3 is 10.0 Å². The number of carbonyl (C=O) groups is 1. The fourth-order valence-electron chi connectivity index (χ4n) is 2.31. The zero-order valence-corrected chi connectivity index (χ0v) is 12.4. The van der Waals surface area contributed by atoms with Crippen LogP contribution in [0.15, 0.2) is 29.6 Å². The molecule has 1 N–H and O–H groups in total. The summed E-state index contributed by atoms with van der Waals surface area (Å²) >= 11 is 7.36. The third kappa shape index (κ3) is 2.12. The van der Waals surface area contributed by atoms with E-state index in [0.29, 0.717) is 23.7 Å². The maximum atomic E-state index is 12.0. The van der Waals surface area contributed by atoms with Crippen molar-refractivity contribution in [1.29, 1.82) is 0 Å². The molecule has 3 rings (SSSR count). The number of rotatable bonds is 2. The Balaban J connectivity index is 1.97. The predicted octanol–water partition coefficient (Wildman–Crippen LogP) is 2.51. The summed E-state index contributed by atoms with van der Waals surface area (Å²) < 4.78 is 0. The van der Waals surface area contributed by atoms with Crippen molar-refractivity contribution in [3.8, 4) is 10.6 Å². The number of hydrogen-bond acceptors (Lipinski definition) is 4. The molecule has 1 atom stereocenters. The van der Waals surface area contributed by atoms with Gasteiger partial charge in [0.05, 0.1) is 5.69 Å². The van der Waals surface area contributed by atoms with Crippen LogP contribution in [0.4, 0.5) is 0 Å². The Morgan fingerprint density at radius 2 is 2.30 bits per heavy atom. The second-order valence-electron chi connectivity index (χ2n) is 4.89. The van der Waals surface area contributed by atoms with Crippen LogP contribution in [0.5, 0.6) is 0 Å². The fourth-order valence-corrected chi connectivity index (χ4v) is 3.38. The van der Waals surface area contributed by atoms with Gasteiger partial charge in [0.25, 0.3) is 5.91 Å². The van der Waals surface area contributed by atoms with Crippen LogP contribution in [0.2, 0.25) is 5.02 Å². The highest BCUT2D eigenvalue weighted by molar-refractivity contribution is 7.13. The molecule has 1 amide bonds. The van der Waals surface area contributed by atoms with Gasteiger partial charge in [-0.1, -0.05) is 23.7 Å². The lowest BCUT2D eigenvalue weighted by Crippen LogP contribution is -2.36. The summed E-state index contributed by atoms with van der Waals surface area (Å²) in [7, 11) is 1.69. The number of nitrogens with zero attached hydrogens (tertiary/aromatic N) is 2. The SMILES string of the molecule is CN1CC[C@](O)(c2csc(-c3cccc(Cl)c3)n2)C1=O. The van der Waals surface area contributed by atoms with Crippen molar-refractivity contribution in [1.82, 2.24) is 9.88 Å². The van der Waals surface area contributed by atoms with Crippen LogP contribution in [-0.4, -0.2) is 34.5 Å². The lowest BCUT2D eigenvalue weighted by Gasteiger charge is -2.18. The molecule has 2 heterocycles. The lowest BCUT2D eigenvalue weighted by molar-refractivity contribution is -0.143. The lowest BCUT2D eigenvalue weighted by atomic mass is 9.99. The minimum absolute atomic E-state index is 0.291. The summed E-state index contributed by atoms with van der Waals surface area (Å²) in [6.07, 6.45) is 0.376. The third-order valence-electron chi connectivity index (χ3n) is 3.51. The summed E-state index contributed by atoms with van der Waals surface area (Å²) in [6.45, 7) is 0.541. The number of carbonyl (C=O) groups excluding carboxylic acids is 1. The molecule has 1 aromatic carbocycles. The second-order valence-corrected chi connectivity index (χ2v) is 6.18. The highest BCUT2D eigenvalue weighted by Crippen LogP contribution is 2.35. The van der Waals surface area contributed by atoms with Crippen molar-refractivity contribution in [2.24, 2.45) is 0 Å². The van der Waals surface area contributed by atoms with Crippen molar-refractivity contribution in [2.45, 2.75) is 12.0 Å². The molecule has 4 nitrogen and oxygen atoms in total. The highest BCUT2D eigenvalue weighted by Gasteiger charge is 2.46. The van der Waals surface area contributed by atoms with Crippen LogP contribution in [0, 0.1) is 0 Å². The standard InChI is InChI=1S/C14H13ClN2O2S/c1-17-6-5-14(19,13(17)18)11-8-20-12(16-11)9-3-2-4-10(15)7-9/h2-4,7-8,19H,5-6H2,1H3/t14-/m0/s1. The highest BCUT2D eigenvalue weighted by atomic mass is 35.5. The molecule has 1 saturated heterocycles. The first-order chi connectivity index (χ1) is 9.50. The van der Waals surface area contributed by atoms with Crippen molar-refractivity contribution < 1.29 is 9.90 Å². The number of likely N-dealkylation sites (tertiary alicyclic amines) is 1. The van der Waals surface area contributed by atoms with Crippen molar-refractivity contribution in [3.63, 3.8) is 0 Å². The van der Waals surface area contributed by atoms with E-state index in [4.69, 9.17) is 11.6 Å². The molecule has 0 unspecified atom stereocenters. The molecule has 104 valence electrons. The normalized spacial score (nSPS) is 22.6. The molecule has 1 aliphatic rings. The Labute approximate surface area is 125 Å². The first-order valence-electron chi connectivity index (χ1n) is 6.20. The van der Waals surface area contributed by atoms with Gasteiger partial charge in [0.2, 0.25) is 0 Å². The molecule has 0 radical (unpaired) electrons. The van der Waals surface area contributed by atoms with E-state index in [1.807, 2.05) is 18.2 Å². The minimum atomic E-state index is -1.48. The van der Waals surface area contributed by atoms with Crippen LogP contribution in [0.1, 0.15) is 12.1 Å². The molecule has 0 aliphatic carbocycles. The van der Waals surface area contributed by atoms with Crippen LogP contribution in [-0.2, 0) is 10.4 Å². The Morgan fingerprint density at radius 3 is 2.95 bits per heavy atom. The Morgan fingerprint density at radius 1 is 1.50 bits per heavy atom. The van der Waals surface area contributed by atoms with Gasteiger partial charge in [-0.2, -0.15) is 0 Å². The number of aliphatic hydroxyl groups is 1. The number of thiazole rings is 1. The van der Waals surface area contributed by atoms with E-state index < -0.39 is 5.60 Å². The van der Waals surface area contributed by atoms with E-state index in [1.165, 1.54) is 16.2 Å². The quantitative estimate of drug-likeness (QED) is 0.927. The average Bonchev–Trinajstić information content (AvgIpc) is 3.02. The molecule has 1 aromatic heterocycles. The van der Waals surface area contributed by atoms with E-state index in [-0.39, 0.29) is 5.91 Å². The van der Waals surface area contributed by atoms with Gasteiger partial charge in [0.15, 0.2) is 5.60 Å². The van der Waals surface area contributed by atoms with E-state index in [2.05, 4.69) is 4.98 Å². The molecule has 6 heteroatoms. The maximum Gasteiger partial charge on any atom is 0.260 e. The largest absolute Gasteiger partial charge is 0.374 e. The minimum Gasteiger partial charge on any atom is -0.374 e. The Bertz CT molecular complexity index is 673. The third-order valence-corrected chi connectivity index (χ3v) is 4.64. The van der Waals surface area contributed by atoms with Crippen LogP contribution < -0.4 is 0 Å². The number of likely N-dealkylation sites (N-methyl/N-ethyl adjacent to an activating group) is 1. The van der Waals surface area contributed by atoms with Gasteiger partial charge in [0.1, 0.15) is 5.01 Å². The topological polar surface area (TPSA) is 53.4 Å². The monoisotopic (exact) mass is 308 g/mol. The van der Waals surface area contributed by atoms with E-state index in [9.17, 15) is 9.90 Å². The summed E-state index contributed by atoms with van der Waals surface area (Å²) in [6, 6.07) is 7.36. The molecular formula is C14H13ClN2O2S. The van der Waals surface area contributed by atoms with Crippen molar-refractivity contribution in [3.05, 3.63) is 40.4 Å². The molecule has 0 bridgehead atoms.